The van der Waals surface area contributed by atoms with Crippen molar-refractivity contribution in [3.63, 3.8) is 0 Å². The minimum Gasteiger partial charge on any atom is -0.399 e. The molecule has 0 N–H and O–H groups in total. The highest BCUT2D eigenvalue weighted by molar-refractivity contribution is 6.56. The lowest BCUT2D eigenvalue weighted by atomic mass is 9.70. The minimum atomic E-state index is -1.17. The SMILES string of the molecule is CC1(C#N)C=C(F)C(B2OC(C)(C)C(C)(C)O2)=C(F)C1. The maximum Gasteiger partial charge on any atom is 0.500 e. The third-order valence-electron chi connectivity index (χ3n) is 4.26. The van der Waals surface area contributed by atoms with Crippen molar-refractivity contribution in [2.45, 2.75) is 52.2 Å². The molecule has 108 valence electrons. The second kappa shape index (κ2) is 4.41. The third kappa shape index (κ3) is 2.29. The van der Waals surface area contributed by atoms with Gasteiger partial charge in [0.15, 0.2) is 0 Å². The summed E-state index contributed by atoms with van der Waals surface area (Å²) in [6, 6.07) is 1.91. The molecule has 1 atom stereocenters. The van der Waals surface area contributed by atoms with Crippen molar-refractivity contribution in [3.05, 3.63) is 23.2 Å². The summed E-state index contributed by atoms with van der Waals surface area (Å²) in [6.07, 6.45) is 0.965. The van der Waals surface area contributed by atoms with E-state index < -0.39 is 35.4 Å². The Morgan fingerprint density at radius 1 is 1.15 bits per heavy atom. The normalized spacial score (nSPS) is 32.1. The lowest BCUT2D eigenvalue weighted by Gasteiger charge is -2.32. The van der Waals surface area contributed by atoms with Gasteiger partial charge < -0.3 is 9.31 Å². The van der Waals surface area contributed by atoms with Crippen LogP contribution < -0.4 is 0 Å². The summed E-state index contributed by atoms with van der Waals surface area (Å²) in [5, 5.41) is 8.99. The van der Waals surface area contributed by atoms with E-state index in [1.54, 1.807) is 0 Å². The van der Waals surface area contributed by atoms with E-state index in [1.165, 1.54) is 6.92 Å². The molecule has 1 aliphatic heterocycles. The molecule has 0 spiro atoms. The van der Waals surface area contributed by atoms with Gasteiger partial charge in [0.05, 0.1) is 22.7 Å². The van der Waals surface area contributed by atoms with Crippen molar-refractivity contribution >= 4 is 7.12 Å². The van der Waals surface area contributed by atoms with Crippen LogP contribution in [0.15, 0.2) is 23.2 Å². The summed E-state index contributed by atoms with van der Waals surface area (Å²) in [4.78, 5) is 0. The van der Waals surface area contributed by atoms with Gasteiger partial charge in [-0.2, -0.15) is 5.26 Å². The Bertz CT molecular complexity index is 532. The van der Waals surface area contributed by atoms with Gasteiger partial charge >= 0.3 is 7.12 Å². The molecule has 0 amide bonds. The monoisotopic (exact) mass is 281 g/mol. The standard InChI is InChI=1S/C14H18BF2NO2/c1-12(2)13(3,4)20-15(19-12)11-9(16)6-14(5,8-18)7-10(11)17/h6H,7H2,1-5H3. The largest absolute Gasteiger partial charge is 0.500 e. The molecule has 6 heteroatoms. The van der Waals surface area contributed by atoms with Crippen molar-refractivity contribution in [1.82, 2.24) is 0 Å². The van der Waals surface area contributed by atoms with Gasteiger partial charge in [0.25, 0.3) is 0 Å². The number of allylic oxidation sites excluding steroid dienone is 4. The fourth-order valence-electron chi connectivity index (χ4n) is 2.23. The summed E-state index contributed by atoms with van der Waals surface area (Å²) in [5.41, 5.74) is -2.72. The van der Waals surface area contributed by atoms with Gasteiger partial charge in [-0.3, -0.25) is 0 Å². The van der Waals surface area contributed by atoms with Crippen LogP contribution in [0.4, 0.5) is 8.78 Å². The van der Waals surface area contributed by atoms with Gasteiger partial charge in [-0.1, -0.05) is 0 Å². The van der Waals surface area contributed by atoms with Crippen LogP contribution >= 0.6 is 0 Å². The highest BCUT2D eigenvalue weighted by Gasteiger charge is 2.54. The van der Waals surface area contributed by atoms with Crippen molar-refractivity contribution in [2.24, 2.45) is 5.41 Å². The molecule has 3 nitrogen and oxygen atoms in total. The van der Waals surface area contributed by atoms with Crippen LogP contribution in [0.2, 0.25) is 0 Å². The molecule has 0 aromatic heterocycles. The average Bonchev–Trinajstić information content (AvgIpc) is 2.46. The fourth-order valence-corrected chi connectivity index (χ4v) is 2.23. The Kier molecular flexibility index (Phi) is 3.35. The van der Waals surface area contributed by atoms with Crippen LogP contribution in [-0.2, 0) is 9.31 Å². The Hall–Kier alpha value is -1.19. The quantitative estimate of drug-likeness (QED) is 0.689. The highest BCUT2D eigenvalue weighted by atomic mass is 19.1. The van der Waals surface area contributed by atoms with Crippen LogP contribution in [0.3, 0.4) is 0 Å². The summed E-state index contributed by atoms with van der Waals surface area (Å²) >= 11 is 0. The van der Waals surface area contributed by atoms with E-state index in [9.17, 15) is 8.78 Å². The maximum atomic E-state index is 14.2. The van der Waals surface area contributed by atoms with E-state index in [4.69, 9.17) is 14.6 Å². The predicted molar refractivity (Wildman–Crippen MR) is 71.7 cm³/mol. The molecule has 0 aromatic rings. The topological polar surface area (TPSA) is 42.2 Å². The molecule has 0 saturated carbocycles. The van der Waals surface area contributed by atoms with Crippen LogP contribution in [0.1, 0.15) is 41.0 Å². The fraction of sp³-hybridized carbons (Fsp3) is 0.643. The lowest BCUT2D eigenvalue weighted by molar-refractivity contribution is 0.00578. The zero-order valence-electron chi connectivity index (χ0n) is 12.4. The van der Waals surface area contributed by atoms with Gasteiger partial charge in [0.1, 0.15) is 11.7 Å². The smallest absolute Gasteiger partial charge is 0.399 e. The van der Waals surface area contributed by atoms with Crippen LogP contribution in [0, 0.1) is 16.7 Å². The van der Waals surface area contributed by atoms with E-state index in [1.807, 2.05) is 33.8 Å². The second-order valence-electron chi connectivity index (χ2n) is 6.61. The zero-order chi connectivity index (χ0) is 15.3. The summed E-state index contributed by atoms with van der Waals surface area (Å²) in [7, 11) is -1.08. The lowest BCUT2D eigenvalue weighted by Crippen LogP contribution is -2.41. The number of halogens is 2. The van der Waals surface area contributed by atoms with Crippen LogP contribution in [-0.4, -0.2) is 18.3 Å². The van der Waals surface area contributed by atoms with Crippen molar-refractivity contribution < 1.29 is 18.1 Å². The average molecular weight is 281 g/mol. The van der Waals surface area contributed by atoms with Gasteiger partial charge in [-0.25, -0.2) is 8.78 Å². The summed E-state index contributed by atoms with van der Waals surface area (Å²) < 4.78 is 39.7. The van der Waals surface area contributed by atoms with E-state index >= 15 is 0 Å². The summed E-state index contributed by atoms with van der Waals surface area (Å²) in [5.74, 6) is -1.47. The van der Waals surface area contributed by atoms with Gasteiger partial charge in [0.2, 0.25) is 0 Å². The molecule has 0 radical (unpaired) electrons. The van der Waals surface area contributed by atoms with E-state index in [2.05, 4.69) is 0 Å². The van der Waals surface area contributed by atoms with Crippen LogP contribution in [0.25, 0.3) is 0 Å². The van der Waals surface area contributed by atoms with Crippen molar-refractivity contribution in [2.75, 3.05) is 0 Å². The Morgan fingerprint density at radius 2 is 1.65 bits per heavy atom. The summed E-state index contributed by atoms with van der Waals surface area (Å²) in [6.45, 7) is 8.75. The number of nitrogens with zero attached hydrogens (tertiary/aromatic N) is 1. The Morgan fingerprint density at radius 3 is 2.05 bits per heavy atom. The van der Waals surface area contributed by atoms with Gasteiger partial charge in [-0.15, -0.1) is 0 Å². The first kappa shape index (κ1) is 15.2. The highest BCUT2D eigenvalue weighted by Crippen LogP contribution is 2.45. The molecule has 1 fully saturated rings. The molecule has 1 heterocycles. The Balaban J connectivity index is 2.35. The third-order valence-corrected chi connectivity index (χ3v) is 4.26. The molecule has 0 aromatic carbocycles. The molecule has 2 rings (SSSR count). The van der Waals surface area contributed by atoms with E-state index in [0.717, 1.165) is 6.08 Å². The number of rotatable bonds is 1. The van der Waals surface area contributed by atoms with Gasteiger partial charge in [-0.05, 0) is 40.7 Å². The zero-order valence-corrected chi connectivity index (χ0v) is 12.4. The molecular weight excluding hydrogens is 263 g/mol. The number of hydrogen-bond acceptors (Lipinski definition) is 3. The molecule has 20 heavy (non-hydrogen) atoms. The first-order valence-corrected chi connectivity index (χ1v) is 6.55. The second-order valence-corrected chi connectivity index (χ2v) is 6.61. The predicted octanol–water partition coefficient (Wildman–Crippen LogP) is 3.63. The maximum absolute atomic E-state index is 14.2. The van der Waals surface area contributed by atoms with Crippen molar-refractivity contribution in [3.8, 4) is 6.07 Å². The molecule has 0 bridgehead atoms. The minimum absolute atomic E-state index is 0.170. The molecule has 1 aliphatic carbocycles. The van der Waals surface area contributed by atoms with E-state index in [0.29, 0.717) is 0 Å². The van der Waals surface area contributed by atoms with Gasteiger partial charge in [0, 0.05) is 11.9 Å². The van der Waals surface area contributed by atoms with Crippen LogP contribution in [0.5, 0.6) is 0 Å². The molecule has 2 aliphatic rings. The molecular formula is C14H18BF2NO2. The van der Waals surface area contributed by atoms with E-state index in [-0.39, 0.29) is 11.9 Å². The van der Waals surface area contributed by atoms with Crippen molar-refractivity contribution in [1.29, 1.82) is 5.26 Å². The molecule has 1 unspecified atom stereocenters. The number of nitriles is 1. The first-order valence-electron chi connectivity index (χ1n) is 6.55. The molecule has 1 saturated heterocycles. The number of hydrogen-bond donors (Lipinski definition) is 0. The Labute approximate surface area is 118 Å². The first-order chi connectivity index (χ1) is 9.01.